The van der Waals surface area contributed by atoms with Gasteiger partial charge in [-0.25, -0.2) is 0 Å². The van der Waals surface area contributed by atoms with Crippen LogP contribution in [-0.4, -0.2) is 30.8 Å². The molecule has 1 amide bonds. The van der Waals surface area contributed by atoms with Crippen LogP contribution in [0.3, 0.4) is 0 Å². The molecule has 124 valence electrons. The Kier molecular flexibility index (Phi) is 6.12. The number of amides is 1. The molecule has 0 N–H and O–H groups in total. The van der Waals surface area contributed by atoms with Crippen LogP contribution in [0.25, 0.3) is 0 Å². The number of carbonyl (C=O) groups excluding carboxylic acids is 1. The van der Waals surface area contributed by atoms with Gasteiger partial charge in [-0.2, -0.15) is 4.99 Å². The molecule has 0 bridgehead atoms. The first-order valence-electron chi connectivity index (χ1n) is 7.55. The van der Waals surface area contributed by atoms with Gasteiger partial charge in [-0.05, 0) is 32.9 Å². The summed E-state index contributed by atoms with van der Waals surface area (Å²) in [6.45, 7) is 7.71. The SMILES string of the molecule is CCOc1ccccc1C(=O)/N=c1\sc(C)c(C)n1CCOC. The average molecular weight is 334 g/mol. The van der Waals surface area contributed by atoms with E-state index in [9.17, 15) is 4.79 Å². The molecule has 0 saturated carbocycles. The number of carbonyl (C=O) groups is 1. The highest BCUT2D eigenvalue weighted by Crippen LogP contribution is 2.19. The number of rotatable bonds is 6. The highest BCUT2D eigenvalue weighted by atomic mass is 32.1. The van der Waals surface area contributed by atoms with Gasteiger partial charge in [0.05, 0.1) is 18.8 Å². The van der Waals surface area contributed by atoms with Gasteiger partial charge in [-0.15, -0.1) is 11.3 Å². The molecule has 5 nitrogen and oxygen atoms in total. The number of thiazole rings is 1. The molecule has 23 heavy (non-hydrogen) atoms. The number of hydrogen-bond donors (Lipinski definition) is 0. The van der Waals surface area contributed by atoms with Crippen molar-refractivity contribution in [2.45, 2.75) is 27.3 Å². The quantitative estimate of drug-likeness (QED) is 0.816. The van der Waals surface area contributed by atoms with E-state index in [0.29, 0.717) is 35.9 Å². The minimum atomic E-state index is -0.290. The Hall–Kier alpha value is -1.92. The molecule has 0 aliphatic rings. The molecule has 1 aromatic heterocycles. The maximum absolute atomic E-state index is 12.6. The van der Waals surface area contributed by atoms with E-state index in [-0.39, 0.29) is 5.91 Å². The molecule has 0 atom stereocenters. The highest BCUT2D eigenvalue weighted by Gasteiger charge is 2.13. The first kappa shape index (κ1) is 17.4. The van der Waals surface area contributed by atoms with E-state index in [1.165, 1.54) is 11.3 Å². The average Bonchev–Trinajstić information content (AvgIpc) is 2.80. The fraction of sp³-hybridized carbons (Fsp3) is 0.412. The number of aromatic nitrogens is 1. The van der Waals surface area contributed by atoms with Crippen molar-refractivity contribution in [1.29, 1.82) is 0 Å². The van der Waals surface area contributed by atoms with Crippen LogP contribution in [0.15, 0.2) is 29.3 Å². The minimum absolute atomic E-state index is 0.290. The maximum Gasteiger partial charge on any atom is 0.283 e. The van der Waals surface area contributed by atoms with Gasteiger partial charge >= 0.3 is 0 Å². The van der Waals surface area contributed by atoms with Gasteiger partial charge in [0.15, 0.2) is 4.80 Å². The fourth-order valence-corrected chi connectivity index (χ4v) is 3.20. The van der Waals surface area contributed by atoms with Gasteiger partial charge in [-0.3, -0.25) is 4.79 Å². The van der Waals surface area contributed by atoms with E-state index < -0.39 is 0 Å². The summed E-state index contributed by atoms with van der Waals surface area (Å²) in [4.78, 5) is 18.7. The zero-order valence-electron chi connectivity index (χ0n) is 14.0. The zero-order valence-corrected chi connectivity index (χ0v) is 14.8. The Morgan fingerprint density at radius 3 is 2.74 bits per heavy atom. The molecule has 2 aromatic rings. The number of ether oxygens (including phenoxy) is 2. The molecule has 0 aliphatic carbocycles. The number of para-hydroxylation sites is 1. The molecule has 0 radical (unpaired) electrons. The molecule has 0 unspecified atom stereocenters. The van der Waals surface area contributed by atoms with Gasteiger partial charge in [0.1, 0.15) is 5.75 Å². The topological polar surface area (TPSA) is 52.8 Å². The maximum atomic E-state index is 12.6. The predicted molar refractivity (Wildman–Crippen MR) is 91.2 cm³/mol. The van der Waals surface area contributed by atoms with E-state index in [1.807, 2.05) is 37.5 Å². The first-order valence-corrected chi connectivity index (χ1v) is 8.36. The summed E-state index contributed by atoms with van der Waals surface area (Å²) in [5, 5.41) is 0. The Morgan fingerprint density at radius 2 is 2.04 bits per heavy atom. The van der Waals surface area contributed by atoms with Crippen LogP contribution in [0.4, 0.5) is 0 Å². The lowest BCUT2D eigenvalue weighted by molar-refractivity contribution is 0.0993. The molecule has 0 saturated heterocycles. The summed E-state index contributed by atoms with van der Waals surface area (Å²) in [6, 6.07) is 7.19. The van der Waals surface area contributed by atoms with Crippen molar-refractivity contribution in [3.05, 3.63) is 45.2 Å². The van der Waals surface area contributed by atoms with Crippen LogP contribution in [-0.2, 0) is 11.3 Å². The van der Waals surface area contributed by atoms with Crippen molar-refractivity contribution in [1.82, 2.24) is 4.57 Å². The van der Waals surface area contributed by atoms with Crippen molar-refractivity contribution < 1.29 is 14.3 Å². The standard InChI is InChI=1S/C17H22N2O3S/c1-5-22-15-9-7-6-8-14(15)16(20)18-17-19(10-11-21-4)12(2)13(3)23-17/h6-9H,5,10-11H2,1-4H3/b18-17-. The van der Waals surface area contributed by atoms with Gasteiger partial charge in [0.2, 0.25) is 0 Å². The smallest absolute Gasteiger partial charge is 0.283 e. The van der Waals surface area contributed by atoms with E-state index in [2.05, 4.69) is 4.99 Å². The van der Waals surface area contributed by atoms with E-state index in [0.717, 1.165) is 10.6 Å². The lowest BCUT2D eigenvalue weighted by atomic mass is 10.2. The van der Waals surface area contributed by atoms with Crippen molar-refractivity contribution in [2.24, 2.45) is 4.99 Å². The normalized spacial score (nSPS) is 11.7. The number of benzene rings is 1. The Bertz CT molecular complexity index is 747. The van der Waals surface area contributed by atoms with Crippen LogP contribution < -0.4 is 9.54 Å². The van der Waals surface area contributed by atoms with E-state index >= 15 is 0 Å². The summed E-state index contributed by atoms with van der Waals surface area (Å²) >= 11 is 1.51. The second-order valence-corrected chi connectivity index (χ2v) is 6.20. The Morgan fingerprint density at radius 1 is 1.30 bits per heavy atom. The molecule has 1 aromatic carbocycles. The molecule has 0 fully saturated rings. The molecule has 0 aliphatic heterocycles. The molecule has 2 rings (SSSR count). The van der Waals surface area contributed by atoms with Crippen LogP contribution in [0, 0.1) is 13.8 Å². The highest BCUT2D eigenvalue weighted by molar-refractivity contribution is 7.09. The second kappa shape index (κ2) is 8.08. The lowest BCUT2D eigenvalue weighted by Gasteiger charge is -2.07. The third-order valence-corrected chi connectivity index (χ3v) is 4.62. The Balaban J connectivity index is 2.42. The third-order valence-electron chi connectivity index (χ3n) is 3.52. The summed E-state index contributed by atoms with van der Waals surface area (Å²) in [5.41, 5.74) is 1.59. The van der Waals surface area contributed by atoms with Gasteiger partial charge in [0.25, 0.3) is 5.91 Å². The molecule has 1 heterocycles. The van der Waals surface area contributed by atoms with Crippen LogP contribution in [0.1, 0.15) is 27.9 Å². The zero-order chi connectivity index (χ0) is 16.8. The summed E-state index contributed by atoms with van der Waals surface area (Å²) in [7, 11) is 1.66. The van der Waals surface area contributed by atoms with Crippen molar-refractivity contribution >= 4 is 17.2 Å². The summed E-state index contributed by atoms with van der Waals surface area (Å²) < 4.78 is 12.7. The van der Waals surface area contributed by atoms with Crippen molar-refractivity contribution in [2.75, 3.05) is 20.3 Å². The number of hydrogen-bond acceptors (Lipinski definition) is 4. The number of methoxy groups -OCH3 is 1. The van der Waals surface area contributed by atoms with Crippen LogP contribution >= 0.6 is 11.3 Å². The predicted octanol–water partition coefficient (Wildman–Crippen LogP) is 2.95. The first-order chi connectivity index (χ1) is 11.1. The van der Waals surface area contributed by atoms with Gasteiger partial charge in [-0.1, -0.05) is 12.1 Å². The number of nitrogens with zero attached hydrogens (tertiary/aromatic N) is 2. The third kappa shape index (κ3) is 4.09. The number of aryl methyl sites for hydroxylation is 1. The largest absolute Gasteiger partial charge is 0.493 e. The van der Waals surface area contributed by atoms with E-state index in [4.69, 9.17) is 9.47 Å². The minimum Gasteiger partial charge on any atom is -0.493 e. The van der Waals surface area contributed by atoms with Gasteiger partial charge < -0.3 is 14.0 Å². The van der Waals surface area contributed by atoms with Crippen molar-refractivity contribution in [3.8, 4) is 5.75 Å². The van der Waals surface area contributed by atoms with Crippen LogP contribution in [0.2, 0.25) is 0 Å². The monoisotopic (exact) mass is 334 g/mol. The van der Waals surface area contributed by atoms with Crippen molar-refractivity contribution in [3.63, 3.8) is 0 Å². The molecular formula is C17H22N2O3S. The van der Waals surface area contributed by atoms with E-state index in [1.54, 1.807) is 19.2 Å². The molecular weight excluding hydrogens is 312 g/mol. The summed E-state index contributed by atoms with van der Waals surface area (Å²) in [5.74, 6) is 0.277. The Labute approximate surface area is 140 Å². The van der Waals surface area contributed by atoms with Crippen LogP contribution in [0.5, 0.6) is 5.75 Å². The lowest BCUT2D eigenvalue weighted by Crippen LogP contribution is -2.20. The molecule has 0 spiro atoms. The second-order valence-electron chi connectivity index (χ2n) is 5.02. The fourth-order valence-electron chi connectivity index (χ4n) is 2.20. The summed E-state index contributed by atoms with van der Waals surface area (Å²) in [6.07, 6.45) is 0. The van der Waals surface area contributed by atoms with Gasteiger partial charge in [0, 0.05) is 24.2 Å². The molecule has 6 heteroatoms.